The van der Waals surface area contributed by atoms with Crippen molar-refractivity contribution in [3.63, 3.8) is 0 Å². The van der Waals surface area contributed by atoms with Gasteiger partial charge in [0.15, 0.2) is 8.32 Å². The van der Waals surface area contributed by atoms with Gasteiger partial charge in [-0.3, -0.25) is 0 Å². The molecule has 0 aliphatic heterocycles. The number of aldehydes is 1. The third-order valence-electron chi connectivity index (χ3n) is 6.06. The van der Waals surface area contributed by atoms with Crippen LogP contribution < -0.4 is 0 Å². The van der Waals surface area contributed by atoms with Crippen molar-refractivity contribution in [2.45, 2.75) is 97.8 Å². The summed E-state index contributed by atoms with van der Waals surface area (Å²) in [5, 5.41) is 0.135. The molecule has 0 bridgehead atoms. The second kappa shape index (κ2) is 9.36. The van der Waals surface area contributed by atoms with E-state index >= 15 is 0 Å². The highest BCUT2D eigenvalue weighted by molar-refractivity contribution is 6.87. The van der Waals surface area contributed by atoms with E-state index in [2.05, 4.69) is 73.0 Å². The van der Waals surface area contributed by atoms with Gasteiger partial charge in [-0.05, 0) is 43.2 Å². The molecule has 0 aliphatic rings. The monoisotopic (exact) mass is 368 g/mol. The van der Waals surface area contributed by atoms with Crippen LogP contribution in [0.5, 0.6) is 0 Å². The molecular formula is C20H40O2Si2. The molecule has 140 valence electrons. The van der Waals surface area contributed by atoms with E-state index in [-0.39, 0.29) is 23.0 Å². The van der Waals surface area contributed by atoms with Gasteiger partial charge in [-0.25, -0.2) is 0 Å². The van der Waals surface area contributed by atoms with Crippen molar-refractivity contribution in [2.24, 2.45) is 11.8 Å². The Morgan fingerprint density at radius 1 is 1.04 bits per heavy atom. The Labute approximate surface area is 153 Å². The molecule has 2 nitrogen and oxygen atoms in total. The van der Waals surface area contributed by atoms with Crippen LogP contribution in [0.15, 0.2) is 0 Å². The molecule has 0 aromatic carbocycles. The Bertz CT molecular complexity index is 442. The zero-order valence-electron chi connectivity index (χ0n) is 17.7. The fraction of sp³-hybridized carbons (Fsp3) is 0.850. The van der Waals surface area contributed by atoms with Crippen LogP contribution in [0.3, 0.4) is 0 Å². The zero-order valence-corrected chi connectivity index (χ0v) is 19.7. The smallest absolute Gasteiger partial charge is 0.192 e. The number of hydrogen-bond acceptors (Lipinski definition) is 2. The van der Waals surface area contributed by atoms with Gasteiger partial charge in [-0.1, -0.05) is 48.5 Å². The largest absolute Gasteiger partial charge is 0.412 e. The summed E-state index contributed by atoms with van der Waals surface area (Å²) in [5.74, 6) is 3.49. The van der Waals surface area contributed by atoms with Crippen molar-refractivity contribution in [3.8, 4) is 11.5 Å². The van der Waals surface area contributed by atoms with Gasteiger partial charge in [0.25, 0.3) is 0 Å². The van der Waals surface area contributed by atoms with E-state index in [9.17, 15) is 4.79 Å². The maximum absolute atomic E-state index is 11.5. The molecule has 0 radical (unpaired) electrons. The lowest BCUT2D eigenvalue weighted by Crippen LogP contribution is -2.47. The second-order valence-electron chi connectivity index (χ2n) is 8.74. The minimum atomic E-state index is -1.92. The van der Waals surface area contributed by atoms with Crippen LogP contribution in [0.4, 0.5) is 0 Å². The van der Waals surface area contributed by atoms with Crippen molar-refractivity contribution in [1.29, 1.82) is 0 Å². The molecule has 4 heteroatoms. The Kier molecular flexibility index (Phi) is 9.21. The summed E-state index contributed by atoms with van der Waals surface area (Å²) in [4.78, 5) is 11.5. The molecule has 24 heavy (non-hydrogen) atoms. The predicted molar refractivity (Wildman–Crippen MR) is 111 cm³/mol. The first-order valence-electron chi connectivity index (χ1n) is 9.55. The average Bonchev–Trinajstić information content (AvgIpc) is 2.52. The van der Waals surface area contributed by atoms with Gasteiger partial charge in [0, 0.05) is 11.8 Å². The first-order valence-corrected chi connectivity index (χ1v) is 15.1. The van der Waals surface area contributed by atoms with E-state index in [1.165, 1.54) is 18.1 Å². The number of carbonyl (C=O) groups is 1. The fourth-order valence-electron chi connectivity index (χ4n) is 2.62. The van der Waals surface area contributed by atoms with Gasteiger partial charge in [-0.15, -0.1) is 11.5 Å². The third kappa shape index (κ3) is 6.17. The van der Waals surface area contributed by atoms with Crippen LogP contribution in [0, 0.1) is 23.3 Å². The van der Waals surface area contributed by atoms with Crippen LogP contribution >= 0.6 is 0 Å². The number of carbonyl (C=O) groups excluding carboxylic acids is 1. The summed E-state index contributed by atoms with van der Waals surface area (Å²) in [6, 6.07) is 3.62. The lowest BCUT2D eigenvalue weighted by molar-refractivity contribution is -0.113. The van der Waals surface area contributed by atoms with E-state index < -0.39 is 16.4 Å². The molecule has 0 unspecified atom stereocenters. The predicted octanol–water partition coefficient (Wildman–Crippen LogP) is 5.90. The standard InChI is InChI=1S/C20H40O2Si2/c1-11-24(12-2,13-3)15-14-17(4)19(18(5)16-21)22-23(9,10)20(6,7)8/h16-19H,11-13H2,1-10H3/t17-,18-,19-/m0/s1. The van der Waals surface area contributed by atoms with Crippen LogP contribution in [0.25, 0.3) is 0 Å². The van der Waals surface area contributed by atoms with Gasteiger partial charge in [0.05, 0.1) is 6.10 Å². The van der Waals surface area contributed by atoms with Crippen molar-refractivity contribution in [2.75, 3.05) is 0 Å². The molecule has 0 heterocycles. The lowest BCUT2D eigenvalue weighted by atomic mass is 9.95. The van der Waals surface area contributed by atoms with Crippen molar-refractivity contribution < 1.29 is 9.22 Å². The van der Waals surface area contributed by atoms with Crippen LogP contribution in [0.1, 0.15) is 55.4 Å². The van der Waals surface area contributed by atoms with Crippen LogP contribution in [-0.4, -0.2) is 28.8 Å². The summed E-state index contributed by atoms with van der Waals surface area (Å²) in [7, 11) is -3.38. The van der Waals surface area contributed by atoms with Crippen LogP contribution in [-0.2, 0) is 9.22 Å². The first-order chi connectivity index (χ1) is 10.9. The molecule has 0 spiro atoms. The number of hydrogen-bond donors (Lipinski definition) is 0. The summed E-state index contributed by atoms with van der Waals surface area (Å²) in [5.41, 5.74) is 3.67. The molecule has 0 aromatic rings. The Balaban J connectivity index is 5.54. The fourth-order valence-corrected chi connectivity index (χ4v) is 6.64. The number of rotatable bonds is 8. The Hall–Kier alpha value is -0.376. The molecule has 0 amide bonds. The summed E-state index contributed by atoms with van der Waals surface area (Å²) in [6.45, 7) is 22.1. The lowest BCUT2D eigenvalue weighted by Gasteiger charge is -2.41. The first kappa shape index (κ1) is 23.6. The molecular weight excluding hydrogens is 328 g/mol. The SMILES string of the molecule is CC[Si](C#C[C@H](C)[C@H](O[Si](C)(C)C(C)(C)C)[C@@H](C)C=O)(CC)CC. The van der Waals surface area contributed by atoms with E-state index in [1.54, 1.807) is 0 Å². The minimum Gasteiger partial charge on any atom is -0.412 e. The van der Waals surface area contributed by atoms with E-state index in [4.69, 9.17) is 4.43 Å². The average molecular weight is 369 g/mol. The van der Waals surface area contributed by atoms with Gasteiger partial charge in [0.1, 0.15) is 14.4 Å². The van der Waals surface area contributed by atoms with Crippen molar-refractivity contribution >= 4 is 22.7 Å². The van der Waals surface area contributed by atoms with E-state index in [1.807, 2.05) is 6.92 Å². The van der Waals surface area contributed by atoms with Crippen LogP contribution in [0.2, 0.25) is 36.3 Å². The molecule has 0 N–H and O–H groups in total. The maximum atomic E-state index is 11.5. The normalized spacial score (nSPS) is 16.8. The maximum Gasteiger partial charge on any atom is 0.192 e. The van der Waals surface area contributed by atoms with Gasteiger partial charge >= 0.3 is 0 Å². The second-order valence-corrected chi connectivity index (χ2v) is 18.4. The molecule has 0 aromatic heterocycles. The van der Waals surface area contributed by atoms with Crippen molar-refractivity contribution in [1.82, 2.24) is 0 Å². The molecule has 0 saturated heterocycles. The summed E-state index contributed by atoms with van der Waals surface area (Å²) in [6.07, 6.45) is 0.924. The van der Waals surface area contributed by atoms with E-state index in [0.29, 0.717) is 0 Å². The summed E-state index contributed by atoms with van der Waals surface area (Å²) < 4.78 is 6.60. The van der Waals surface area contributed by atoms with E-state index in [0.717, 1.165) is 6.29 Å². The Morgan fingerprint density at radius 3 is 1.83 bits per heavy atom. The molecule has 0 aliphatic carbocycles. The van der Waals surface area contributed by atoms with Gasteiger partial charge in [-0.2, -0.15) is 0 Å². The highest BCUT2D eigenvalue weighted by Crippen LogP contribution is 2.39. The zero-order chi connectivity index (χ0) is 19.2. The van der Waals surface area contributed by atoms with Gasteiger partial charge in [0.2, 0.25) is 0 Å². The van der Waals surface area contributed by atoms with Gasteiger partial charge < -0.3 is 9.22 Å². The molecule has 0 saturated carbocycles. The topological polar surface area (TPSA) is 26.3 Å². The minimum absolute atomic E-state index is 0.0934. The Morgan fingerprint density at radius 2 is 1.50 bits per heavy atom. The van der Waals surface area contributed by atoms with Crippen molar-refractivity contribution in [3.05, 3.63) is 0 Å². The molecule has 3 atom stereocenters. The highest BCUT2D eigenvalue weighted by atomic mass is 28.4. The highest BCUT2D eigenvalue weighted by Gasteiger charge is 2.41. The third-order valence-corrected chi connectivity index (χ3v) is 15.3. The molecule has 0 fully saturated rings. The quantitative estimate of drug-likeness (QED) is 0.303. The molecule has 0 rings (SSSR count). The summed E-state index contributed by atoms with van der Waals surface area (Å²) >= 11 is 0.